The van der Waals surface area contributed by atoms with E-state index in [1.54, 1.807) is 0 Å². The van der Waals surface area contributed by atoms with Crippen LogP contribution in [0.4, 0.5) is 13.2 Å². The van der Waals surface area contributed by atoms with Crippen molar-refractivity contribution < 1.29 is 27.5 Å². The fourth-order valence-corrected chi connectivity index (χ4v) is 3.04. The van der Waals surface area contributed by atoms with E-state index in [0.29, 0.717) is 11.2 Å². The first-order valence-corrected chi connectivity index (χ1v) is 9.07. The van der Waals surface area contributed by atoms with E-state index in [4.69, 9.17) is 27.9 Å². The van der Waals surface area contributed by atoms with Crippen LogP contribution in [0.15, 0.2) is 42.7 Å². The minimum Gasteiger partial charge on any atom is -0.454 e. The molecule has 1 aromatic carbocycles. The van der Waals surface area contributed by atoms with Gasteiger partial charge in [-0.25, -0.2) is 14.5 Å². The average Bonchev–Trinajstić information content (AvgIpc) is 3.06. The number of alkyl halides is 3. The number of carbonyl (C=O) groups excluding carboxylic acids is 2. The van der Waals surface area contributed by atoms with E-state index in [9.17, 15) is 22.8 Å². The SMILES string of the molecule is Cc1c(C(=O)OCC(=O)c2ccc(Cl)cc2Cl)cnn1-c1ccc(C(F)(F)F)cn1. The van der Waals surface area contributed by atoms with E-state index in [1.165, 1.54) is 36.0 Å². The van der Waals surface area contributed by atoms with Crippen LogP contribution in [0.1, 0.15) is 32.0 Å². The summed E-state index contributed by atoms with van der Waals surface area (Å²) < 4.78 is 44.2. The van der Waals surface area contributed by atoms with Gasteiger partial charge in [0.25, 0.3) is 0 Å². The molecule has 0 radical (unpaired) electrons. The number of hydrogen-bond donors (Lipinski definition) is 0. The third kappa shape index (κ3) is 4.63. The second kappa shape index (κ2) is 8.45. The maximum Gasteiger partial charge on any atom is 0.417 e. The topological polar surface area (TPSA) is 74.1 Å². The molecular weight excluding hydrogens is 446 g/mol. The number of halogens is 5. The molecule has 0 amide bonds. The van der Waals surface area contributed by atoms with Crippen LogP contribution >= 0.6 is 23.2 Å². The Morgan fingerprint density at radius 2 is 1.83 bits per heavy atom. The molecule has 0 N–H and O–H groups in total. The number of pyridine rings is 1. The predicted molar refractivity (Wildman–Crippen MR) is 102 cm³/mol. The summed E-state index contributed by atoms with van der Waals surface area (Å²) in [6, 6.07) is 6.28. The van der Waals surface area contributed by atoms with Crippen LogP contribution in [0.25, 0.3) is 5.82 Å². The summed E-state index contributed by atoms with van der Waals surface area (Å²) >= 11 is 11.7. The summed E-state index contributed by atoms with van der Waals surface area (Å²) in [7, 11) is 0. The van der Waals surface area contributed by atoms with Gasteiger partial charge in [0, 0.05) is 16.8 Å². The van der Waals surface area contributed by atoms with Crippen molar-refractivity contribution >= 4 is 35.0 Å². The summed E-state index contributed by atoms with van der Waals surface area (Å²) in [5.41, 5.74) is -0.443. The van der Waals surface area contributed by atoms with Gasteiger partial charge in [-0.15, -0.1) is 0 Å². The maximum atomic E-state index is 12.7. The Morgan fingerprint density at radius 3 is 2.43 bits per heavy atom. The van der Waals surface area contributed by atoms with E-state index in [2.05, 4.69) is 10.1 Å². The zero-order valence-electron chi connectivity index (χ0n) is 15.2. The van der Waals surface area contributed by atoms with Crippen LogP contribution in [-0.4, -0.2) is 33.1 Å². The first-order chi connectivity index (χ1) is 14.1. The van der Waals surface area contributed by atoms with Gasteiger partial charge in [-0.2, -0.15) is 18.3 Å². The summed E-state index contributed by atoms with van der Waals surface area (Å²) in [4.78, 5) is 28.3. The zero-order valence-corrected chi connectivity index (χ0v) is 16.7. The Morgan fingerprint density at radius 1 is 1.10 bits per heavy atom. The molecule has 11 heteroatoms. The molecule has 0 aliphatic rings. The zero-order chi connectivity index (χ0) is 22.1. The standard InChI is InChI=1S/C19H12Cl2F3N3O3/c1-10-14(8-26-27(10)17-5-2-11(7-25-17)19(22,23)24)18(29)30-9-16(28)13-4-3-12(20)6-15(13)21/h2-8H,9H2,1H3. The average molecular weight is 458 g/mol. The van der Waals surface area contributed by atoms with Crippen LogP contribution in [0, 0.1) is 6.92 Å². The molecule has 0 aliphatic carbocycles. The van der Waals surface area contributed by atoms with Crippen molar-refractivity contribution in [1.82, 2.24) is 14.8 Å². The van der Waals surface area contributed by atoms with Gasteiger partial charge in [0.2, 0.25) is 5.78 Å². The first kappa shape index (κ1) is 21.8. The van der Waals surface area contributed by atoms with Crippen molar-refractivity contribution in [3.8, 4) is 5.82 Å². The van der Waals surface area contributed by atoms with E-state index < -0.39 is 30.1 Å². The Kier molecular flexibility index (Phi) is 6.14. The molecule has 0 spiro atoms. The van der Waals surface area contributed by atoms with Gasteiger partial charge in [0.1, 0.15) is 5.56 Å². The van der Waals surface area contributed by atoms with Gasteiger partial charge >= 0.3 is 12.1 Å². The molecule has 0 saturated heterocycles. The minimum absolute atomic E-state index is 0.0340. The number of ether oxygens (including phenoxy) is 1. The molecule has 6 nitrogen and oxygen atoms in total. The third-order valence-corrected chi connectivity index (χ3v) is 4.64. The predicted octanol–water partition coefficient (Wildman–Crippen LogP) is 4.94. The van der Waals surface area contributed by atoms with Crippen molar-refractivity contribution in [1.29, 1.82) is 0 Å². The molecule has 2 heterocycles. The number of hydrogen-bond acceptors (Lipinski definition) is 5. The lowest BCUT2D eigenvalue weighted by Gasteiger charge is -2.08. The lowest BCUT2D eigenvalue weighted by molar-refractivity contribution is -0.137. The summed E-state index contributed by atoms with van der Waals surface area (Å²) in [5.74, 6) is -1.27. The Balaban J connectivity index is 1.72. The Bertz CT molecular complexity index is 1110. The third-order valence-electron chi connectivity index (χ3n) is 4.09. The van der Waals surface area contributed by atoms with Crippen molar-refractivity contribution in [2.24, 2.45) is 0 Å². The Hall–Kier alpha value is -2.91. The maximum absolute atomic E-state index is 12.7. The number of ketones is 1. The number of nitrogens with zero attached hydrogens (tertiary/aromatic N) is 3. The molecule has 0 saturated carbocycles. The molecule has 3 aromatic rings. The van der Waals surface area contributed by atoms with Gasteiger partial charge in [0.15, 0.2) is 12.4 Å². The highest BCUT2D eigenvalue weighted by atomic mass is 35.5. The smallest absolute Gasteiger partial charge is 0.417 e. The molecule has 0 bridgehead atoms. The number of aromatic nitrogens is 3. The van der Waals surface area contributed by atoms with Crippen molar-refractivity contribution in [3.63, 3.8) is 0 Å². The van der Waals surface area contributed by atoms with Crippen LogP contribution in [-0.2, 0) is 10.9 Å². The lowest BCUT2D eigenvalue weighted by Crippen LogP contribution is -2.15. The second-order valence-corrected chi connectivity index (χ2v) is 6.93. The molecule has 0 unspecified atom stereocenters. The minimum atomic E-state index is -4.51. The van der Waals surface area contributed by atoms with Crippen molar-refractivity contribution in [2.45, 2.75) is 13.1 Å². The second-order valence-electron chi connectivity index (χ2n) is 6.08. The number of carbonyl (C=O) groups is 2. The van der Waals surface area contributed by atoms with Crippen LogP contribution in [0.2, 0.25) is 10.0 Å². The Labute approximate surface area is 178 Å². The highest BCUT2D eigenvalue weighted by Gasteiger charge is 2.31. The molecule has 156 valence electrons. The number of benzene rings is 1. The molecule has 0 aliphatic heterocycles. The number of rotatable bonds is 5. The highest BCUT2D eigenvalue weighted by Crippen LogP contribution is 2.29. The quantitative estimate of drug-likeness (QED) is 0.400. The fourth-order valence-electron chi connectivity index (χ4n) is 2.52. The van der Waals surface area contributed by atoms with E-state index >= 15 is 0 Å². The van der Waals surface area contributed by atoms with Gasteiger partial charge < -0.3 is 4.74 Å². The van der Waals surface area contributed by atoms with E-state index in [0.717, 1.165) is 12.1 Å². The molecule has 30 heavy (non-hydrogen) atoms. The largest absolute Gasteiger partial charge is 0.454 e. The summed E-state index contributed by atoms with van der Waals surface area (Å²) in [5, 5.41) is 4.44. The van der Waals surface area contributed by atoms with Crippen molar-refractivity contribution in [3.05, 3.63) is 75.2 Å². The van der Waals surface area contributed by atoms with Crippen LogP contribution in [0.3, 0.4) is 0 Å². The molecule has 0 fully saturated rings. The molecule has 2 aromatic heterocycles. The summed E-state index contributed by atoms with van der Waals surface area (Å²) in [6.45, 7) is 0.949. The van der Waals surface area contributed by atoms with Crippen LogP contribution < -0.4 is 0 Å². The van der Waals surface area contributed by atoms with E-state index in [-0.39, 0.29) is 27.7 Å². The molecule has 0 atom stereocenters. The fraction of sp³-hybridized carbons (Fsp3) is 0.158. The van der Waals surface area contributed by atoms with Crippen molar-refractivity contribution in [2.75, 3.05) is 6.61 Å². The molecule has 3 rings (SSSR count). The monoisotopic (exact) mass is 457 g/mol. The number of esters is 1. The van der Waals surface area contributed by atoms with E-state index in [1.807, 2.05) is 0 Å². The van der Waals surface area contributed by atoms with Gasteiger partial charge in [-0.05, 0) is 37.3 Å². The first-order valence-electron chi connectivity index (χ1n) is 8.31. The van der Waals surface area contributed by atoms with Gasteiger partial charge in [0.05, 0.1) is 22.5 Å². The normalized spacial score (nSPS) is 11.4. The molecular formula is C19H12Cl2F3N3O3. The number of Topliss-reactive ketones (excluding diaryl/α,β-unsaturated/α-hetero) is 1. The lowest BCUT2D eigenvalue weighted by atomic mass is 10.1. The summed E-state index contributed by atoms with van der Waals surface area (Å²) in [6.07, 6.45) is -2.67. The van der Waals surface area contributed by atoms with Gasteiger partial charge in [-0.3, -0.25) is 4.79 Å². The van der Waals surface area contributed by atoms with Gasteiger partial charge in [-0.1, -0.05) is 23.2 Å². The highest BCUT2D eigenvalue weighted by molar-refractivity contribution is 6.36. The van der Waals surface area contributed by atoms with Crippen LogP contribution in [0.5, 0.6) is 0 Å².